The molecule has 106 valence electrons. The van der Waals surface area contributed by atoms with Crippen LogP contribution in [0, 0.1) is 5.92 Å². The highest BCUT2D eigenvalue weighted by Gasteiger charge is 2.11. The number of nitrogens with two attached hydrogens (primary N) is 1. The lowest BCUT2D eigenvalue weighted by Crippen LogP contribution is -2.22. The van der Waals surface area contributed by atoms with E-state index in [1.165, 1.54) is 6.33 Å². The normalized spacial score (nSPS) is 12.1. The summed E-state index contributed by atoms with van der Waals surface area (Å²) in [6.07, 6.45) is 3.87. The van der Waals surface area contributed by atoms with Gasteiger partial charge in [0.1, 0.15) is 12.7 Å². The second-order valence-electron chi connectivity index (χ2n) is 4.76. The van der Waals surface area contributed by atoms with E-state index >= 15 is 0 Å². The summed E-state index contributed by atoms with van der Waals surface area (Å²) >= 11 is 0. The standard InChI is InChI=1S/C14H19N5O/c1-11(6-7-15)14(20)18-13-4-2-12(3-5-13)8-19-10-16-9-17-19/h2-5,9-11H,6-8,15H2,1H3,(H,18,20). The maximum atomic E-state index is 11.9. The molecule has 1 amide bonds. The molecule has 0 fully saturated rings. The molecular formula is C14H19N5O. The van der Waals surface area contributed by atoms with E-state index in [0.717, 1.165) is 11.3 Å². The molecule has 2 aromatic rings. The summed E-state index contributed by atoms with van der Waals surface area (Å²) in [6, 6.07) is 7.70. The molecule has 0 radical (unpaired) electrons. The van der Waals surface area contributed by atoms with Crippen LogP contribution in [0.5, 0.6) is 0 Å². The molecule has 2 rings (SSSR count). The van der Waals surface area contributed by atoms with Gasteiger partial charge in [0.05, 0.1) is 6.54 Å². The smallest absolute Gasteiger partial charge is 0.227 e. The number of carbonyl (C=O) groups excluding carboxylic acids is 1. The Kier molecular flexibility index (Phi) is 4.84. The van der Waals surface area contributed by atoms with Crippen LogP contribution in [0.3, 0.4) is 0 Å². The quantitative estimate of drug-likeness (QED) is 0.829. The summed E-state index contributed by atoms with van der Waals surface area (Å²) in [5, 5.41) is 6.93. The lowest BCUT2D eigenvalue weighted by atomic mass is 10.1. The first-order valence-electron chi connectivity index (χ1n) is 6.61. The Morgan fingerprint density at radius 2 is 2.15 bits per heavy atom. The highest BCUT2D eigenvalue weighted by molar-refractivity contribution is 5.92. The molecule has 1 heterocycles. The molecule has 6 nitrogen and oxygen atoms in total. The van der Waals surface area contributed by atoms with Gasteiger partial charge in [-0.3, -0.25) is 4.79 Å². The number of nitrogens with zero attached hydrogens (tertiary/aromatic N) is 3. The van der Waals surface area contributed by atoms with E-state index in [-0.39, 0.29) is 11.8 Å². The summed E-state index contributed by atoms with van der Waals surface area (Å²) < 4.78 is 1.75. The van der Waals surface area contributed by atoms with Crippen LogP contribution in [0.25, 0.3) is 0 Å². The Labute approximate surface area is 118 Å². The molecule has 1 aromatic carbocycles. The summed E-state index contributed by atoms with van der Waals surface area (Å²) in [6.45, 7) is 3.06. The second kappa shape index (κ2) is 6.81. The first kappa shape index (κ1) is 14.2. The van der Waals surface area contributed by atoms with Crippen LogP contribution >= 0.6 is 0 Å². The predicted octanol–water partition coefficient (Wildman–Crippen LogP) is 1.25. The van der Waals surface area contributed by atoms with E-state index in [2.05, 4.69) is 15.4 Å². The average molecular weight is 273 g/mol. The maximum Gasteiger partial charge on any atom is 0.227 e. The van der Waals surface area contributed by atoms with Crippen molar-refractivity contribution in [2.75, 3.05) is 11.9 Å². The second-order valence-corrected chi connectivity index (χ2v) is 4.76. The van der Waals surface area contributed by atoms with Gasteiger partial charge in [-0.15, -0.1) is 0 Å². The SMILES string of the molecule is CC(CCN)C(=O)Nc1ccc(Cn2cncn2)cc1. The van der Waals surface area contributed by atoms with E-state index in [9.17, 15) is 4.79 Å². The van der Waals surface area contributed by atoms with E-state index in [4.69, 9.17) is 5.73 Å². The molecule has 3 N–H and O–H groups in total. The number of rotatable bonds is 6. The molecule has 0 aliphatic carbocycles. The van der Waals surface area contributed by atoms with Crippen molar-refractivity contribution in [1.82, 2.24) is 14.8 Å². The molecule has 1 aromatic heterocycles. The number of aromatic nitrogens is 3. The topological polar surface area (TPSA) is 85.8 Å². The molecule has 1 unspecified atom stereocenters. The summed E-state index contributed by atoms with van der Waals surface area (Å²) in [5.74, 6) is -0.0747. The van der Waals surface area contributed by atoms with Gasteiger partial charge in [-0.05, 0) is 30.7 Å². The Hall–Kier alpha value is -2.21. The number of carbonyl (C=O) groups is 1. The van der Waals surface area contributed by atoms with Gasteiger partial charge in [-0.2, -0.15) is 5.10 Å². The number of nitrogens with one attached hydrogen (secondary N) is 1. The minimum atomic E-state index is -0.0742. The van der Waals surface area contributed by atoms with Crippen LogP contribution in [0.15, 0.2) is 36.9 Å². The maximum absolute atomic E-state index is 11.9. The minimum absolute atomic E-state index is 0.000485. The molecule has 0 saturated carbocycles. The molecule has 1 atom stereocenters. The zero-order chi connectivity index (χ0) is 14.4. The third-order valence-corrected chi connectivity index (χ3v) is 3.08. The third-order valence-electron chi connectivity index (χ3n) is 3.08. The third kappa shape index (κ3) is 3.89. The predicted molar refractivity (Wildman–Crippen MR) is 77.0 cm³/mol. The van der Waals surface area contributed by atoms with Crippen molar-refractivity contribution in [3.05, 3.63) is 42.5 Å². The Morgan fingerprint density at radius 1 is 1.40 bits per heavy atom. The molecule has 6 heteroatoms. The molecular weight excluding hydrogens is 254 g/mol. The van der Waals surface area contributed by atoms with Gasteiger partial charge in [-0.1, -0.05) is 19.1 Å². The van der Waals surface area contributed by atoms with Gasteiger partial charge in [0, 0.05) is 11.6 Å². The fraction of sp³-hybridized carbons (Fsp3) is 0.357. The number of hydrogen-bond acceptors (Lipinski definition) is 4. The Bertz CT molecular complexity index is 535. The number of hydrogen-bond donors (Lipinski definition) is 2. The van der Waals surface area contributed by atoms with Crippen LogP contribution < -0.4 is 11.1 Å². The average Bonchev–Trinajstić information content (AvgIpc) is 2.94. The van der Waals surface area contributed by atoms with Gasteiger partial charge >= 0.3 is 0 Å². The molecule has 0 bridgehead atoms. The van der Waals surface area contributed by atoms with Gasteiger partial charge in [0.25, 0.3) is 0 Å². The van der Waals surface area contributed by atoms with Gasteiger partial charge in [0.15, 0.2) is 0 Å². The van der Waals surface area contributed by atoms with Gasteiger partial charge in [-0.25, -0.2) is 9.67 Å². The monoisotopic (exact) mass is 273 g/mol. The van der Waals surface area contributed by atoms with Crippen molar-refractivity contribution in [2.24, 2.45) is 11.7 Å². The molecule has 0 aliphatic rings. The fourth-order valence-corrected chi connectivity index (χ4v) is 1.84. The zero-order valence-corrected chi connectivity index (χ0v) is 11.5. The number of anilines is 1. The number of amides is 1. The van der Waals surface area contributed by atoms with E-state index in [0.29, 0.717) is 19.5 Å². The van der Waals surface area contributed by atoms with Crippen molar-refractivity contribution in [3.63, 3.8) is 0 Å². The van der Waals surface area contributed by atoms with Gasteiger partial charge in [0.2, 0.25) is 5.91 Å². The highest BCUT2D eigenvalue weighted by Crippen LogP contribution is 2.12. The molecule has 20 heavy (non-hydrogen) atoms. The van der Waals surface area contributed by atoms with E-state index < -0.39 is 0 Å². The lowest BCUT2D eigenvalue weighted by Gasteiger charge is -2.11. The van der Waals surface area contributed by atoms with Crippen molar-refractivity contribution < 1.29 is 4.79 Å². The first-order valence-corrected chi connectivity index (χ1v) is 6.61. The van der Waals surface area contributed by atoms with Gasteiger partial charge < -0.3 is 11.1 Å². The molecule has 0 aliphatic heterocycles. The van der Waals surface area contributed by atoms with E-state index in [1.54, 1.807) is 11.0 Å². The van der Waals surface area contributed by atoms with Crippen LogP contribution in [-0.2, 0) is 11.3 Å². The van der Waals surface area contributed by atoms with Crippen LogP contribution in [0.1, 0.15) is 18.9 Å². The van der Waals surface area contributed by atoms with Crippen LogP contribution in [-0.4, -0.2) is 27.2 Å². The lowest BCUT2D eigenvalue weighted by molar-refractivity contribution is -0.119. The van der Waals surface area contributed by atoms with Crippen molar-refractivity contribution in [1.29, 1.82) is 0 Å². The van der Waals surface area contributed by atoms with Crippen LogP contribution in [0.4, 0.5) is 5.69 Å². The Morgan fingerprint density at radius 3 is 2.75 bits per heavy atom. The van der Waals surface area contributed by atoms with Crippen LogP contribution in [0.2, 0.25) is 0 Å². The summed E-state index contributed by atoms with van der Waals surface area (Å²) in [7, 11) is 0. The van der Waals surface area contributed by atoms with Crippen molar-refractivity contribution in [2.45, 2.75) is 19.9 Å². The van der Waals surface area contributed by atoms with E-state index in [1.807, 2.05) is 31.2 Å². The fourth-order valence-electron chi connectivity index (χ4n) is 1.84. The van der Waals surface area contributed by atoms with Crippen molar-refractivity contribution >= 4 is 11.6 Å². The first-order chi connectivity index (χ1) is 9.69. The largest absolute Gasteiger partial charge is 0.330 e. The summed E-state index contributed by atoms with van der Waals surface area (Å²) in [4.78, 5) is 15.8. The van der Waals surface area contributed by atoms with Crippen molar-refractivity contribution in [3.8, 4) is 0 Å². The summed E-state index contributed by atoms with van der Waals surface area (Å²) in [5.41, 5.74) is 7.34. The number of benzene rings is 1. The highest BCUT2D eigenvalue weighted by atomic mass is 16.1. The Balaban J connectivity index is 1.93. The zero-order valence-electron chi connectivity index (χ0n) is 11.5. The minimum Gasteiger partial charge on any atom is -0.330 e. The molecule has 0 saturated heterocycles. The molecule has 0 spiro atoms.